The first kappa shape index (κ1) is 15.3. The maximum Gasteiger partial charge on any atom is 0.0309 e. The first-order valence-electron chi connectivity index (χ1n) is 7.85. The highest BCUT2D eigenvalue weighted by Crippen LogP contribution is 2.34. The van der Waals surface area contributed by atoms with E-state index in [0.717, 1.165) is 19.0 Å². The van der Waals surface area contributed by atoms with Gasteiger partial charge in [0.2, 0.25) is 0 Å². The molecule has 1 aliphatic heterocycles. The van der Waals surface area contributed by atoms with Crippen LogP contribution in [0.5, 0.6) is 0 Å². The lowest BCUT2D eigenvalue weighted by Crippen LogP contribution is -2.64. The van der Waals surface area contributed by atoms with E-state index in [1.165, 1.54) is 44.2 Å². The van der Waals surface area contributed by atoms with Crippen LogP contribution in [0.25, 0.3) is 0 Å². The van der Waals surface area contributed by atoms with E-state index in [1.807, 2.05) is 0 Å². The summed E-state index contributed by atoms with van der Waals surface area (Å²) < 4.78 is 0. The maximum absolute atomic E-state index is 5.88. The van der Waals surface area contributed by atoms with Gasteiger partial charge in [0, 0.05) is 36.8 Å². The fourth-order valence-electron chi connectivity index (χ4n) is 3.76. The van der Waals surface area contributed by atoms with Gasteiger partial charge in [-0.3, -0.25) is 4.90 Å². The SMILES string of the molecule is CCC(C)C1CNC2(CCCC2)CN1CC(C)=CCl. The number of hydrogen-bond donors (Lipinski definition) is 1. The fraction of sp³-hybridized carbons (Fsp3) is 0.875. The van der Waals surface area contributed by atoms with Crippen molar-refractivity contribution in [2.75, 3.05) is 19.6 Å². The van der Waals surface area contributed by atoms with E-state index in [1.54, 1.807) is 5.54 Å². The lowest BCUT2D eigenvalue weighted by Gasteiger charge is -2.48. The van der Waals surface area contributed by atoms with Gasteiger partial charge in [-0.1, -0.05) is 44.7 Å². The Bertz CT molecular complexity index is 321. The van der Waals surface area contributed by atoms with Crippen molar-refractivity contribution in [1.82, 2.24) is 10.2 Å². The van der Waals surface area contributed by atoms with Gasteiger partial charge in [0.05, 0.1) is 0 Å². The Balaban J connectivity index is 2.08. The van der Waals surface area contributed by atoms with Crippen molar-refractivity contribution in [1.29, 1.82) is 0 Å². The zero-order valence-corrected chi connectivity index (χ0v) is 13.5. The van der Waals surface area contributed by atoms with Gasteiger partial charge in [-0.25, -0.2) is 0 Å². The minimum Gasteiger partial charge on any atom is -0.308 e. The van der Waals surface area contributed by atoms with Crippen molar-refractivity contribution in [3.8, 4) is 0 Å². The van der Waals surface area contributed by atoms with Crippen LogP contribution in [-0.2, 0) is 0 Å². The smallest absolute Gasteiger partial charge is 0.0309 e. The molecule has 0 aromatic rings. The van der Waals surface area contributed by atoms with Crippen molar-refractivity contribution in [3.05, 3.63) is 11.1 Å². The molecule has 1 spiro atoms. The van der Waals surface area contributed by atoms with Crippen LogP contribution in [-0.4, -0.2) is 36.1 Å². The topological polar surface area (TPSA) is 15.3 Å². The summed E-state index contributed by atoms with van der Waals surface area (Å²) in [6.45, 7) is 10.2. The van der Waals surface area contributed by atoms with Crippen molar-refractivity contribution in [2.24, 2.45) is 5.92 Å². The van der Waals surface area contributed by atoms with E-state index in [4.69, 9.17) is 11.6 Å². The molecule has 1 heterocycles. The number of nitrogens with zero attached hydrogens (tertiary/aromatic N) is 1. The number of nitrogens with one attached hydrogen (secondary N) is 1. The second-order valence-electron chi connectivity index (χ2n) is 6.68. The van der Waals surface area contributed by atoms with Gasteiger partial charge < -0.3 is 5.32 Å². The molecule has 0 aromatic carbocycles. The second kappa shape index (κ2) is 6.60. The largest absolute Gasteiger partial charge is 0.308 e. The predicted molar refractivity (Wildman–Crippen MR) is 83.6 cm³/mol. The van der Waals surface area contributed by atoms with Crippen LogP contribution in [0.2, 0.25) is 0 Å². The molecule has 2 nitrogen and oxygen atoms in total. The molecule has 0 bridgehead atoms. The molecule has 2 rings (SSSR count). The highest BCUT2D eigenvalue weighted by molar-refractivity contribution is 6.25. The highest BCUT2D eigenvalue weighted by atomic mass is 35.5. The van der Waals surface area contributed by atoms with Gasteiger partial charge in [0.1, 0.15) is 0 Å². The molecule has 1 saturated carbocycles. The standard InChI is InChI=1S/C16H29ClN2/c1-4-14(3)15-10-18-16(7-5-6-8-16)12-19(15)11-13(2)9-17/h9,14-15,18H,4-8,10-12H2,1-3H3. The van der Waals surface area contributed by atoms with Crippen molar-refractivity contribution >= 4 is 11.6 Å². The third-order valence-corrected chi connectivity index (χ3v) is 5.53. The van der Waals surface area contributed by atoms with Gasteiger partial charge in [-0.15, -0.1) is 0 Å². The van der Waals surface area contributed by atoms with Gasteiger partial charge >= 0.3 is 0 Å². The van der Waals surface area contributed by atoms with Crippen molar-refractivity contribution in [2.45, 2.75) is 64.5 Å². The second-order valence-corrected chi connectivity index (χ2v) is 6.90. The zero-order valence-electron chi connectivity index (χ0n) is 12.7. The molecule has 19 heavy (non-hydrogen) atoms. The molecule has 2 aliphatic rings. The van der Waals surface area contributed by atoms with E-state index < -0.39 is 0 Å². The van der Waals surface area contributed by atoms with Crippen LogP contribution >= 0.6 is 11.6 Å². The molecule has 1 aliphatic carbocycles. The van der Waals surface area contributed by atoms with Gasteiger partial charge in [-0.2, -0.15) is 0 Å². The maximum atomic E-state index is 5.88. The van der Waals surface area contributed by atoms with Crippen LogP contribution in [0, 0.1) is 5.92 Å². The van der Waals surface area contributed by atoms with Crippen LogP contribution < -0.4 is 5.32 Å². The van der Waals surface area contributed by atoms with Gasteiger partial charge in [0.15, 0.2) is 0 Å². The summed E-state index contributed by atoms with van der Waals surface area (Å²) in [7, 11) is 0. The molecule has 3 heteroatoms. The average molecular weight is 285 g/mol. The van der Waals surface area contributed by atoms with E-state index in [0.29, 0.717) is 11.6 Å². The summed E-state index contributed by atoms with van der Waals surface area (Å²) >= 11 is 5.88. The van der Waals surface area contributed by atoms with Crippen molar-refractivity contribution in [3.63, 3.8) is 0 Å². The Morgan fingerprint density at radius 3 is 2.74 bits per heavy atom. The monoisotopic (exact) mass is 284 g/mol. The lowest BCUT2D eigenvalue weighted by molar-refractivity contribution is 0.0598. The summed E-state index contributed by atoms with van der Waals surface area (Å²) in [5.41, 5.74) is 3.43. The molecule has 0 amide bonds. The molecule has 0 aromatic heterocycles. The molecule has 1 saturated heterocycles. The molecular formula is C16H29ClN2. The van der Waals surface area contributed by atoms with E-state index in [9.17, 15) is 0 Å². The minimum absolute atomic E-state index is 0.399. The molecule has 110 valence electrons. The number of piperazine rings is 1. The van der Waals surface area contributed by atoms with Crippen LogP contribution in [0.1, 0.15) is 52.9 Å². The molecule has 2 fully saturated rings. The summed E-state index contributed by atoms with van der Waals surface area (Å²) in [6.07, 6.45) is 6.72. The molecule has 0 radical (unpaired) electrons. The van der Waals surface area contributed by atoms with E-state index >= 15 is 0 Å². The third kappa shape index (κ3) is 3.53. The first-order valence-corrected chi connectivity index (χ1v) is 8.29. The van der Waals surface area contributed by atoms with Crippen LogP contribution in [0.4, 0.5) is 0 Å². The quantitative estimate of drug-likeness (QED) is 0.846. The number of halogens is 1. The average Bonchev–Trinajstić information content (AvgIpc) is 2.86. The van der Waals surface area contributed by atoms with Crippen LogP contribution in [0.3, 0.4) is 0 Å². The first-order chi connectivity index (χ1) is 9.10. The number of hydrogen-bond acceptors (Lipinski definition) is 2. The Kier molecular flexibility index (Phi) is 5.33. The Hall–Kier alpha value is -0.0500. The Labute approximate surface area is 123 Å². The van der Waals surface area contributed by atoms with Crippen molar-refractivity contribution < 1.29 is 0 Å². The normalized spacial score (nSPS) is 29.9. The summed E-state index contributed by atoms with van der Waals surface area (Å²) in [4.78, 5) is 2.68. The molecular weight excluding hydrogens is 256 g/mol. The summed E-state index contributed by atoms with van der Waals surface area (Å²) in [5.74, 6) is 0.745. The van der Waals surface area contributed by atoms with Gasteiger partial charge in [-0.05, 0) is 31.3 Å². The highest BCUT2D eigenvalue weighted by Gasteiger charge is 2.41. The molecule has 2 unspecified atom stereocenters. The third-order valence-electron chi connectivity index (χ3n) is 5.16. The lowest BCUT2D eigenvalue weighted by atomic mass is 9.87. The Morgan fingerprint density at radius 2 is 2.16 bits per heavy atom. The molecule has 1 N–H and O–H groups in total. The Morgan fingerprint density at radius 1 is 1.47 bits per heavy atom. The van der Waals surface area contributed by atoms with Crippen LogP contribution in [0.15, 0.2) is 11.1 Å². The zero-order chi connectivity index (χ0) is 13.9. The molecule has 2 atom stereocenters. The fourth-order valence-corrected chi connectivity index (χ4v) is 3.83. The summed E-state index contributed by atoms with van der Waals surface area (Å²) in [5, 5.41) is 3.89. The van der Waals surface area contributed by atoms with E-state index in [-0.39, 0.29) is 0 Å². The minimum atomic E-state index is 0.399. The number of rotatable bonds is 4. The van der Waals surface area contributed by atoms with Gasteiger partial charge in [0.25, 0.3) is 0 Å². The predicted octanol–water partition coefficient (Wildman–Crippen LogP) is 3.76. The van der Waals surface area contributed by atoms with E-state index in [2.05, 4.69) is 31.0 Å². The summed E-state index contributed by atoms with van der Waals surface area (Å²) in [6, 6.07) is 0.655.